The first kappa shape index (κ1) is 77.4. The highest BCUT2D eigenvalue weighted by atomic mass is 16.7. The van der Waals surface area contributed by atoms with Gasteiger partial charge in [0.05, 0.1) is 6.61 Å². The molecule has 12 nitrogen and oxygen atoms in total. The molecule has 0 aromatic heterocycles. The molecule has 1 heterocycles. The SMILES string of the molecule is CCCCC/C=C\C/C=C\C/C=C\CCCCCCCCC(=O)OC1C(OCC(COC(=O)CCCCCCCCC/C=C\C/C=C\CCCCC)OC(=O)CCCCCCCCCCCCCCCCCCC)OC(C(=O)O)C(O)C1O. The third-order valence-corrected chi connectivity index (χ3v) is 15.6. The van der Waals surface area contributed by atoms with E-state index in [1.54, 1.807) is 0 Å². The molecule has 83 heavy (non-hydrogen) atoms. The van der Waals surface area contributed by atoms with Crippen molar-refractivity contribution in [1.29, 1.82) is 0 Å². The van der Waals surface area contributed by atoms with Crippen molar-refractivity contribution in [3.63, 3.8) is 0 Å². The second-order valence-electron chi connectivity index (χ2n) is 23.5. The molecule has 1 aliphatic heterocycles. The van der Waals surface area contributed by atoms with Crippen LogP contribution in [0, 0.1) is 0 Å². The Balaban J connectivity index is 2.65. The fraction of sp³-hybridized carbons (Fsp3) is 0.803. The normalized spacial score (nSPS) is 17.9. The van der Waals surface area contributed by atoms with Crippen LogP contribution in [-0.2, 0) is 42.9 Å². The fourth-order valence-corrected chi connectivity index (χ4v) is 10.3. The van der Waals surface area contributed by atoms with E-state index in [-0.39, 0.29) is 25.9 Å². The van der Waals surface area contributed by atoms with Gasteiger partial charge in [-0.2, -0.15) is 0 Å². The zero-order valence-electron chi connectivity index (χ0n) is 53.2. The fourth-order valence-electron chi connectivity index (χ4n) is 10.3. The average molecular weight is 1170 g/mol. The quantitative estimate of drug-likeness (QED) is 0.0228. The lowest BCUT2D eigenvalue weighted by Crippen LogP contribution is -2.61. The summed E-state index contributed by atoms with van der Waals surface area (Å²) in [6.07, 6.45) is 61.6. The molecule has 6 unspecified atom stereocenters. The van der Waals surface area contributed by atoms with Gasteiger partial charge in [-0.05, 0) is 89.9 Å². The summed E-state index contributed by atoms with van der Waals surface area (Å²) in [6, 6.07) is 0. The number of unbranched alkanes of at least 4 members (excludes halogenated alkanes) is 35. The first-order valence-corrected chi connectivity index (χ1v) is 34.3. The Kier molecular flexibility index (Phi) is 54.8. The van der Waals surface area contributed by atoms with Crippen LogP contribution in [0.1, 0.15) is 316 Å². The van der Waals surface area contributed by atoms with Crippen molar-refractivity contribution >= 4 is 23.9 Å². The maximum absolute atomic E-state index is 13.2. The summed E-state index contributed by atoms with van der Waals surface area (Å²) in [5, 5.41) is 31.6. The molecule has 1 saturated heterocycles. The maximum Gasteiger partial charge on any atom is 0.335 e. The summed E-state index contributed by atoms with van der Waals surface area (Å²) in [7, 11) is 0. The number of allylic oxidation sites excluding steroid dienone is 10. The van der Waals surface area contributed by atoms with Crippen molar-refractivity contribution in [2.45, 2.75) is 353 Å². The molecular weight excluding hydrogens is 1040 g/mol. The van der Waals surface area contributed by atoms with Crippen LogP contribution in [0.3, 0.4) is 0 Å². The molecule has 0 aromatic carbocycles. The Morgan fingerprint density at radius 2 is 0.723 bits per heavy atom. The van der Waals surface area contributed by atoms with Gasteiger partial charge in [-0.15, -0.1) is 0 Å². The van der Waals surface area contributed by atoms with Gasteiger partial charge in [0.1, 0.15) is 18.8 Å². The Hall–Kier alpha value is -3.58. The zero-order valence-corrected chi connectivity index (χ0v) is 53.2. The monoisotopic (exact) mass is 1170 g/mol. The van der Waals surface area contributed by atoms with E-state index in [2.05, 4.69) is 81.5 Å². The van der Waals surface area contributed by atoms with Crippen LogP contribution >= 0.6 is 0 Å². The predicted molar refractivity (Wildman–Crippen MR) is 340 cm³/mol. The Morgan fingerprint density at radius 1 is 0.398 bits per heavy atom. The van der Waals surface area contributed by atoms with Crippen molar-refractivity contribution in [2.75, 3.05) is 13.2 Å². The molecule has 0 aromatic rings. The van der Waals surface area contributed by atoms with Gasteiger partial charge >= 0.3 is 23.9 Å². The van der Waals surface area contributed by atoms with Crippen LogP contribution in [0.25, 0.3) is 0 Å². The first-order chi connectivity index (χ1) is 40.6. The van der Waals surface area contributed by atoms with Crippen LogP contribution in [0.15, 0.2) is 60.8 Å². The average Bonchev–Trinajstić information content (AvgIpc) is 3.55. The molecule has 1 rings (SSSR count). The number of hydrogen-bond acceptors (Lipinski definition) is 11. The van der Waals surface area contributed by atoms with Crippen LogP contribution in [0.2, 0.25) is 0 Å². The largest absolute Gasteiger partial charge is 0.479 e. The number of esters is 3. The number of carbonyl (C=O) groups excluding carboxylic acids is 3. The first-order valence-electron chi connectivity index (χ1n) is 34.3. The number of ether oxygens (including phenoxy) is 5. The summed E-state index contributed by atoms with van der Waals surface area (Å²) >= 11 is 0. The summed E-state index contributed by atoms with van der Waals surface area (Å²) in [5.74, 6) is -3.12. The molecule has 0 saturated carbocycles. The van der Waals surface area contributed by atoms with E-state index in [1.165, 1.54) is 148 Å². The minimum atomic E-state index is -1.91. The van der Waals surface area contributed by atoms with Gasteiger partial charge in [-0.1, -0.05) is 268 Å². The van der Waals surface area contributed by atoms with E-state index in [0.29, 0.717) is 19.3 Å². The number of aliphatic carboxylic acids is 1. The van der Waals surface area contributed by atoms with Gasteiger partial charge in [-0.25, -0.2) is 4.79 Å². The van der Waals surface area contributed by atoms with Crippen LogP contribution in [-0.4, -0.2) is 89.2 Å². The lowest BCUT2D eigenvalue weighted by Gasteiger charge is -2.40. The number of carboxylic acids is 1. The summed E-state index contributed by atoms with van der Waals surface area (Å²) in [5.41, 5.74) is 0. The maximum atomic E-state index is 13.2. The molecule has 0 spiro atoms. The topological polar surface area (TPSA) is 175 Å². The molecule has 0 bridgehead atoms. The van der Waals surface area contributed by atoms with E-state index >= 15 is 0 Å². The molecule has 1 fully saturated rings. The highest BCUT2D eigenvalue weighted by Gasteiger charge is 2.50. The number of carboxylic acid groups (broad SMARTS) is 1. The number of aliphatic hydroxyl groups is 2. The highest BCUT2D eigenvalue weighted by molar-refractivity contribution is 5.74. The van der Waals surface area contributed by atoms with Crippen molar-refractivity contribution < 1.29 is 58.2 Å². The second kappa shape index (κ2) is 58.8. The van der Waals surface area contributed by atoms with Crippen LogP contribution in [0.4, 0.5) is 0 Å². The molecular formula is C71H124O12. The summed E-state index contributed by atoms with van der Waals surface area (Å²) < 4.78 is 28.6. The van der Waals surface area contributed by atoms with Gasteiger partial charge in [0.15, 0.2) is 24.6 Å². The van der Waals surface area contributed by atoms with E-state index in [0.717, 1.165) is 109 Å². The van der Waals surface area contributed by atoms with Gasteiger partial charge < -0.3 is 39.0 Å². The van der Waals surface area contributed by atoms with Crippen molar-refractivity contribution in [2.24, 2.45) is 0 Å². The molecule has 480 valence electrons. The lowest BCUT2D eigenvalue weighted by atomic mass is 9.98. The number of aliphatic hydroxyl groups excluding tert-OH is 2. The number of hydrogen-bond donors (Lipinski definition) is 3. The molecule has 12 heteroatoms. The number of rotatable bonds is 59. The third-order valence-electron chi connectivity index (χ3n) is 15.6. The van der Waals surface area contributed by atoms with E-state index < -0.39 is 67.3 Å². The smallest absolute Gasteiger partial charge is 0.335 e. The van der Waals surface area contributed by atoms with E-state index in [1.807, 2.05) is 0 Å². The Labute approximate surface area is 506 Å². The molecule has 6 atom stereocenters. The molecule has 1 aliphatic rings. The van der Waals surface area contributed by atoms with E-state index in [4.69, 9.17) is 23.7 Å². The lowest BCUT2D eigenvalue weighted by molar-refractivity contribution is -0.301. The van der Waals surface area contributed by atoms with Gasteiger partial charge in [-0.3, -0.25) is 14.4 Å². The van der Waals surface area contributed by atoms with Crippen molar-refractivity contribution in [3.8, 4) is 0 Å². The minimum absolute atomic E-state index is 0.0461. The van der Waals surface area contributed by atoms with Crippen LogP contribution < -0.4 is 0 Å². The van der Waals surface area contributed by atoms with Gasteiger partial charge in [0, 0.05) is 19.3 Å². The Bertz CT molecular complexity index is 1670. The molecule has 0 radical (unpaired) electrons. The molecule has 0 amide bonds. The highest BCUT2D eigenvalue weighted by Crippen LogP contribution is 2.27. The Morgan fingerprint density at radius 3 is 1.12 bits per heavy atom. The number of carbonyl (C=O) groups is 4. The zero-order chi connectivity index (χ0) is 60.3. The predicted octanol–water partition coefficient (Wildman–Crippen LogP) is 18.7. The molecule has 0 aliphatic carbocycles. The second-order valence-corrected chi connectivity index (χ2v) is 23.5. The van der Waals surface area contributed by atoms with E-state index in [9.17, 15) is 34.5 Å². The summed E-state index contributed by atoms with van der Waals surface area (Å²) in [4.78, 5) is 51.4. The van der Waals surface area contributed by atoms with Crippen molar-refractivity contribution in [3.05, 3.63) is 60.8 Å². The third kappa shape index (κ3) is 48.3. The van der Waals surface area contributed by atoms with Crippen LogP contribution in [0.5, 0.6) is 0 Å². The standard InChI is InChI=1S/C71H124O12/c1-4-7-10-13-16-19-22-25-28-31-32-35-38-41-44-47-50-53-56-59-65(74)82-69-67(76)66(75)68(70(77)78)83-71(69)80-61-62(81-64(73)58-55-52-49-46-43-40-37-34-30-27-24-21-18-15-12-9-6-3)60-79-63(72)57-54-51-48-45-42-39-36-33-29-26-23-20-17-14-11-8-5-2/h16-17,19-20,25-26,28-29,32,35,62,66-69,71,75-76H,4-15,18,21-24,27,30-31,33-34,36-61H2,1-3H3,(H,77,78)/b19-16-,20-17-,28-25-,29-26-,35-32-. The molecule has 3 N–H and O–H groups in total. The van der Waals surface area contributed by atoms with Gasteiger partial charge in [0.25, 0.3) is 0 Å². The van der Waals surface area contributed by atoms with Gasteiger partial charge in [0.2, 0.25) is 0 Å². The van der Waals surface area contributed by atoms with Crippen molar-refractivity contribution in [1.82, 2.24) is 0 Å². The minimum Gasteiger partial charge on any atom is -0.479 e. The summed E-state index contributed by atoms with van der Waals surface area (Å²) in [6.45, 7) is 5.98.